The summed E-state index contributed by atoms with van der Waals surface area (Å²) in [6, 6.07) is 5.53. The first-order valence-electron chi connectivity index (χ1n) is 8.25. The lowest BCUT2D eigenvalue weighted by atomic mass is 9.98. The van der Waals surface area contributed by atoms with Crippen LogP contribution in [0.3, 0.4) is 0 Å². The molecule has 7 nitrogen and oxygen atoms in total. The number of anilines is 1. The fraction of sp³-hybridized carbons (Fsp3) is 0.412. The molecule has 2 heterocycles. The molecular weight excluding hydrogens is 338 g/mol. The van der Waals surface area contributed by atoms with Crippen molar-refractivity contribution in [3.63, 3.8) is 0 Å². The maximum Gasteiger partial charge on any atom is 0.245 e. The molecule has 1 aromatic rings. The first-order valence-corrected chi connectivity index (χ1v) is 9.36. The monoisotopic (exact) mass is 361 g/mol. The lowest BCUT2D eigenvalue weighted by Gasteiger charge is -2.34. The Bertz CT molecular complexity index is 747. The standard InChI is InChI=1S/C17H23N5O2S/c1-3-15(19-2)22-9-5-6-12(10-22)11-24-14-8-4-7-13-16(14)17(18)21-25(23)20-13/h3-4,7-8,12,20H,1,5-6,9-11H2,2H3,(H2,18,21). The molecule has 2 unspecified atom stereocenters. The van der Waals surface area contributed by atoms with Gasteiger partial charge in [-0.05, 0) is 31.1 Å². The molecule has 3 N–H and O–H groups in total. The predicted octanol–water partition coefficient (Wildman–Crippen LogP) is 1.70. The Labute approximate surface area is 150 Å². The van der Waals surface area contributed by atoms with Crippen molar-refractivity contribution in [1.29, 1.82) is 0 Å². The van der Waals surface area contributed by atoms with Crippen molar-refractivity contribution in [2.75, 3.05) is 31.5 Å². The number of benzene rings is 1. The summed E-state index contributed by atoms with van der Waals surface area (Å²) >= 11 is -1.53. The molecule has 8 heteroatoms. The van der Waals surface area contributed by atoms with E-state index in [0.717, 1.165) is 31.8 Å². The van der Waals surface area contributed by atoms with Gasteiger partial charge < -0.3 is 15.4 Å². The molecule has 0 aromatic heterocycles. The molecule has 0 saturated carbocycles. The minimum absolute atomic E-state index is 0.236. The third kappa shape index (κ3) is 3.84. The van der Waals surface area contributed by atoms with E-state index in [-0.39, 0.29) is 5.84 Å². The quantitative estimate of drug-likeness (QED) is 0.631. The Hall–Kier alpha value is -2.35. The van der Waals surface area contributed by atoms with E-state index in [1.165, 1.54) is 0 Å². The minimum atomic E-state index is -1.53. The van der Waals surface area contributed by atoms with Gasteiger partial charge in [-0.2, -0.15) is 4.40 Å². The summed E-state index contributed by atoms with van der Waals surface area (Å²) in [5, 5.41) is 0. The van der Waals surface area contributed by atoms with Crippen molar-refractivity contribution in [3.05, 3.63) is 36.4 Å². The number of likely N-dealkylation sites (tertiary alicyclic amines) is 1. The predicted molar refractivity (Wildman–Crippen MR) is 102 cm³/mol. The molecule has 0 spiro atoms. The number of hydrogen-bond acceptors (Lipinski definition) is 4. The molecular formula is C17H23N5O2S. The van der Waals surface area contributed by atoms with Gasteiger partial charge in [0.15, 0.2) is 0 Å². The number of piperidine rings is 1. The topological polar surface area (TPSA) is 92.3 Å². The van der Waals surface area contributed by atoms with Gasteiger partial charge in [-0.25, -0.2) is 4.21 Å². The number of nitrogens with two attached hydrogens (primary N) is 1. The molecule has 1 aromatic carbocycles. The summed E-state index contributed by atoms with van der Waals surface area (Å²) in [4.78, 5) is 6.51. The Balaban J connectivity index is 1.69. The van der Waals surface area contributed by atoms with Gasteiger partial charge in [0.1, 0.15) is 17.4 Å². The lowest BCUT2D eigenvalue weighted by molar-refractivity contribution is 0.175. The summed E-state index contributed by atoms with van der Waals surface area (Å²) < 4.78 is 24.3. The molecule has 134 valence electrons. The van der Waals surface area contributed by atoms with E-state index in [1.807, 2.05) is 18.2 Å². The van der Waals surface area contributed by atoms with E-state index in [2.05, 4.69) is 25.6 Å². The number of aliphatic imine (C=N–C) groups is 1. The number of rotatable bonds is 4. The van der Waals surface area contributed by atoms with Crippen molar-refractivity contribution < 1.29 is 8.95 Å². The normalized spacial score (nSPS) is 23.3. The molecule has 0 aliphatic carbocycles. The highest BCUT2D eigenvalue weighted by Gasteiger charge is 2.24. The smallest absolute Gasteiger partial charge is 0.245 e. The van der Waals surface area contributed by atoms with Crippen molar-refractivity contribution >= 4 is 28.5 Å². The highest BCUT2D eigenvalue weighted by Crippen LogP contribution is 2.30. The summed E-state index contributed by atoms with van der Waals surface area (Å²) in [6.07, 6.45) is 3.99. The first-order chi connectivity index (χ1) is 12.1. The molecule has 1 saturated heterocycles. The van der Waals surface area contributed by atoms with E-state index in [9.17, 15) is 4.21 Å². The Kier molecular flexibility index (Phi) is 5.37. The second-order valence-electron chi connectivity index (χ2n) is 6.06. The van der Waals surface area contributed by atoms with Crippen LogP contribution in [0.4, 0.5) is 5.69 Å². The van der Waals surface area contributed by atoms with Crippen LogP contribution in [0.15, 0.2) is 40.2 Å². The highest BCUT2D eigenvalue weighted by molar-refractivity contribution is 7.85. The van der Waals surface area contributed by atoms with Gasteiger partial charge in [0.25, 0.3) is 0 Å². The second-order valence-corrected chi connectivity index (χ2v) is 6.94. The highest BCUT2D eigenvalue weighted by atomic mass is 32.2. The molecule has 1 fully saturated rings. The van der Waals surface area contributed by atoms with Gasteiger partial charge in [0.2, 0.25) is 11.2 Å². The molecule has 25 heavy (non-hydrogen) atoms. The summed E-state index contributed by atoms with van der Waals surface area (Å²) in [7, 11) is 1.78. The van der Waals surface area contributed by atoms with E-state index < -0.39 is 11.2 Å². The van der Waals surface area contributed by atoms with Crippen molar-refractivity contribution in [2.24, 2.45) is 21.0 Å². The van der Waals surface area contributed by atoms with Crippen molar-refractivity contribution in [3.8, 4) is 5.75 Å². The van der Waals surface area contributed by atoms with E-state index in [1.54, 1.807) is 13.1 Å². The fourth-order valence-corrected chi connectivity index (χ4v) is 3.90. The van der Waals surface area contributed by atoms with Gasteiger partial charge in [-0.15, -0.1) is 0 Å². The molecule has 0 bridgehead atoms. The van der Waals surface area contributed by atoms with Gasteiger partial charge in [0, 0.05) is 26.1 Å². The maximum absolute atomic E-state index is 11.6. The van der Waals surface area contributed by atoms with E-state index >= 15 is 0 Å². The number of nitrogens with zero attached hydrogens (tertiary/aromatic N) is 3. The van der Waals surface area contributed by atoms with Crippen LogP contribution < -0.4 is 15.2 Å². The zero-order valence-corrected chi connectivity index (χ0v) is 15.1. The maximum atomic E-state index is 11.6. The van der Waals surface area contributed by atoms with Crippen LogP contribution in [-0.2, 0) is 11.2 Å². The number of nitrogens with one attached hydrogen (secondary N) is 1. The third-order valence-corrected chi connectivity index (χ3v) is 5.15. The van der Waals surface area contributed by atoms with Crippen molar-refractivity contribution in [1.82, 2.24) is 4.90 Å². The van der Waals surface area contributed by atoms with Crippen LogP contribution in [0.1, 0.15) is 18.4 Å². The number of amidine groups is 2. The molecule has 3 rings (SSSR count). The Morgan fingerprint density at radius 2 is 2.48 bits per heavy atom. The van der Waals surface area contributed by atoms with Crippen LogP contribution in [-0.4, -0.2) is 47.5 Å². The van der Waals surface area contributed by atoms with Crippen molar-refractivity contribution in [2.45, 2.75) is 12.8 Å². The van der Waals surface area contributed by atoms with Crippen LogP contribution in [0, 0.1) is 5.92 Å². The Morgan fingerprint density at radius 1 is 1.64 bits per heavy atom. The average molecular weight is 361 g/mol. The molecule has 0 amide bonds. The minimum Gasteiger partial charge on any atom is -0.492 e. The van der Waals surface area contributed by atoms with Gasteiger partial charge in [-0.3, -0.25) is 9.71 Å². The van der Waals surface area contributed by atoms with Crippen LogP contribution in [0.2, 0.25) is 0 Å². The largest absolute Gasteiger partial charge is 0.492 e. The number of fused-ring (bicyclic) bond motifs is 1. The molecule has 2 atom stereocenters. The first kappa shape index (κ1) is 17.5. The lowest BCUT2D eigenvalue weighted by Crippen LogP contribution is -2.41. The third-order valence-electron chi connectivity index (χ3n) is 4.39. The van der Waals surface area contributed by atoms with Gasteiger partial charge in [0.05, 0.1) is 17.9 Å². The zero-order valence-electron chi connectivity index (χ0n) is 14.3. The van der Waals surface area contributed by atoms with Crippen LogP contribution in [0.5, 0.6) is 5.75 Å². The zero-order chi connectivity index (χ0) is 17.8. The fourth-order valence-electron chi connectivity index (χ4n) is 3.23. The summed E-state index contributed by atoms with van der Waals surface area (Å²) in [6.45, 7) is 6.29. The van der Waals surface area contributed by atoms with E-state index in [4.69, 9.17) is 10.5 Å². The summed E-state index contributed by atoms with van der Waals surface area (Å²) in [5.74, 6) is 2.21. The molecule has 2 aliphatic heterocycles. The van der Waals surface area contributed by atoms with Gasteiger partial charge >= 0.3 is 0 Å². The summed E-state index contributed by atoms with van der Waals surface area (Å²) in [5.41, 5.74) is 7.30. The van der Waals surface area contributed by atoms with Gasteiger partial charge in [-0.1, -0.05) is 12.6 Å². The number of hydrogen-bond donors (Lipinski definition) is 2. The molecule has 0 radical (unpaired) electrons. The number of ether oxygens (including phenoxy) is 1. The van der Waals surface area contributed by atoms with Crippen LogP contribution in [0.25, 0.3) is 0 Å². The average Bonchev–Trinajstić information content (AvgIpc) is 2.61. The van der Waals surface area contributed by atoms with E-state index in [0.29, 0.717) is 29.5 Å². The SMILES string of the molecule is C=CC(=NC)N1CCCC(COc2cccc3c2C(N)=NS(=O)N3)C1. The Morgan fingerprint density at radius 3 is 3.24 bits per heavy atom. The molecule has 2 aliphatic rings. The second kappa shape index (κ2) is 7.69. The van der Waals surface area contributed by atoms with Crippen LogP contribution >= 0.6 is 0 Å².